The van der Waals surface area contributed by atoms with Crippen LogP contribution in [0.1, 0.15) is 13.8 Å². The minimum Gasteiger partial charge on any atom is -0.383 e. The summed E-state index contributed by atoms with van der Waals surface area (Å²) in [5, 5.41) is 0. The quantitative estimate of drug-likeness (QED) is 0.762. The predicted octanol–water partition coefficient (Wildman–Crippen LogP) is 0.528. The molecule has 0 amide bonds. The van der Waals surface area contributed by atoms with Crippen LogP contribution in [-0.2, 0) is 19.9 Å². The van der Waals surface area contributed by atoms with Crippen LogP contribution < -0.4 is 10.5 Å². The average Bonchev–Trinajstić information content (AvgIpc) is 2.28. The number of hydrogen-bond acceptors (Lipinski definition) is 6. The van der Waals surface area contributed by atoms with Crippen LogP contribution in [0.15, 0.2) is 21.6 Å². The van der Waals surface area contributed by atoms with Crippen molar-refractivity contribution in [2.24, 2.45) is 0 Å². The third kappa shape index (κ3) is 3.90. The van der Waals surface area contributed by atoms with E-state index in [1.165, 1.54) is 26.1 Å². The molecule has 114 valence electrons. The number of aromatic nitrogens is 1. The van der Waals surface area contributed by atoms with Crippen LogP contribution in [-0.4, -0.2) is 39.4 Å². The molecule has 0 fully saturated rings. The van der Waals surface area contributed by atoms with Crippen molar-refractivity contribution in [3.05, 3.63) is 16.7 Å². The van der Waals surface area contributed by atoms with Crippen LogP contribution in [0.5, 0.6) is 0 Å². The number of sulfone groups is 1. The fourth-order valence-corrected chi connectivity index (χ4v) is 3.35. The maximum atomic E-state index is 12.1. The highest BCUT2D eigenvalue weighted by Gasteiger charge is 2.32. The molecule has 0 bridgehead atoms. The molecule has 0 aliphatic carbocycles. The molecule has 0 saturated carbocycles. The highest BCUT2D eigenvalue weighted by Crippen LogP contribution is 2.21. The number of hydrogen-bond donors (Lipinski definition) is 2. The van der Waals surface area contributed by atoms with E-state index in [0.717, 1.165) is 6.26 Å². The fraction of sp³-hybridized carbons (Fsp3) is 0.500. The summed E-state index contributed by atoms with van der Waals surface area (Å²) in [6, 6.07) is 1.30. The smallest absolute Gasteiger partial charge is 0.244 e. The van der Waals surface area contributed by atoms with Crippen LogP contribution >= 0.6 is 15.9 Å². The molecule has 1 rings (SSSR count). The number of anilines is 1. The van der Waals surface area contributed by atoms with Crippen molar-refractivity contribution in [2.75, 3.05) is 18.5 Å². The third-order valence-electron chi connectivity index (χ3n) is 2.83. The van der Waals surface area contributed by atoms with Crippen molar-refractivity contribution in [3.63, 3.8) is 0 Å². The first-order valence-corrected chi connectivity index (χ1v) is 9.64. The van der Waals surface area contributed by atoms with Gasteiger partial charge in [0.2, 0.25) is 10.0 Å². The van der Waals surface area contributed by atoms with E-state index < -0.39 is 24.6 Å². The van der Waals surface area contributed by atoms with Crippen molar-refractivity contribution in [2.45, 2.75) is 23.5 Å². The fourth-order valence-electron chi connectivity index (χ4n) is 1.12. The van der Waals surface area contributed by atoms with Crippen molar-refractivity contribution in [1.29, 1.82) is 0 Å². The highest BCUT2D eigenvalue weighted by molar-refractivity contribution is 9.10. The summed E-state index contributed by atoms with van der Waals surface area (Å²) in [6.45, 7) is 2.61. The van der Waals surface area contributed by atoms with Gasteiger partial charge in [-0.3, -0.25) is 0 Å². The molecule has 3 N–H and O–H groups in total. The Morgan fingerprint density at radius 2 is 1.90 bits per heavy atom. The van der Waals surface area contributed by atoms with Crippen LogP contribution in [0.25, 0.3) is 0 Å². The number of nitrogen functional groups attached to an aromatic ring is 1. The summed E-state index contributed by atoms with van der Waals surface area (Å²) < 4.78 is 48.8. The molecule has 0 saturated heterocycles. The highest BCUT2D eigenvalue weighted by atomic mass is 79.9. The molecule has 0 unspecified atom stereocenters. The Morgan fingerprint density at radius 1 is 1.35 bits per heavy atom. The van der Waals surface area contributed by atoms with Gasteiger partial charge in [0.25, 0.3) is 0 Å². The maximum absolute atomic E-state index is 12.1. The first-order chi connectivity index (χ1) is 8.87. The van der Waals surface area contributed by atoms with E-state index >= 15 is 0 Å². The zero-order valence-electron chi connectivity index (χ0n) is 11.2. The molecular weight excluding hydrogens is 370 g/mol. The Morgan fingerprint density at radius 3 is 2.40 bits per heavy atom. The molecule has 0 aromatic carbocycles. The van der Waals surface area contributed by atoms with Crippen LogP contribution in [0, 0.1) is 0 Å². The number of sulfonamides is 1. The molecule has 0 atom stereocenters. The van der Waals surface area contributed by atoms with Gasteiger partial charge in [-0.25, -0.2) is 26.5 Å². The largest absolute Gasteiger partial charge is 0.383 e. The summed E-state index contributed by atoms with van der Waals surface area (Å²) in [7, 11) is -7.35. The van der Waals surface area contributed by atoms with Crippen LogP contribution in [0.2, 0.25) is 0 Å². The van der Waals surface area contributed by atoms with Gasteiger partial charge in [0.05, 0.1) is 4.75 Å². The first-order valence-electron chi connectivity index (χ1n) is 5.47. The molecule has 1 heterocycles. The monoisotopic (exact) mass is 385 g/mol. The number of rotatable bonds is 5. The van der Waals surface area contributed by atoms with Crippen molar-refractivity contribution in [3.8, 4) is 0 Å². The Hall–Kier alpha value is -0.710. The number of halogens is 1. The van der Waals surface area contributed by atoms with Crippen LogP contribution in [0.4, 0.5) is 5.82 Å². The van der Waals surface area contributed by atoms with Gasteiger partial charge in [-0.1, -0.05) is 0 Å². The molecule has 0 spiro atoms. The van der Waals surface area contributed by atoms with E-state index in [1.807, 2.05) is 0 Å². The van der Waals surface area contributed by atoms with Gasteiger partial charge in [-0.15, -0.1) is 0 Å². The molecule has 0 aliphatic heterocycles. The maximum Gasteiger partial charge on any atom is 0.244 e. The average molecular weight is 386 g/mol. The van der Waals surface area contributed by atoms with Crippen molar-refractivity contribution >= 4 is 41.6 Å². The van der Waals surface area contributed by atoms with Crippen LogP contribution in [0.3, 0.4) is 0 Å². The molecule has 7 nitrogen and oxygen atoms in total. The zero-order chi connectivity index (χ0) is 15.8. The summed E-state index contributed by atoms with van der Waals surface area (Å²) in [5.74, 6) is -0.155. The number of nitrogens with zero attached hydrogens (tertiary/aromatic N) is 1. The molecule has 1 aromatic rings. The minimum atomic E-state index is -3.94. The van der Waals surface area contributed by atoms with E-state index in [-0.39, 0.29) is 17.3 Å². The van der Waals surface area contributed by atoms with E-state index in [2.05, 4.69) is 25.6 Å². The molecule has 1 aromatic heterocycles. The number of nitrogens with one attached hydrogen (secondary N) is 1. The van der Waals surface area contributed by atoms with Gasteiger partial charge in [0.15, 0.2) is 9.84 Å². The standard InChI is InChI=1S/C10H16BrN3O4S2/c1-10(2,19(3,15)16)6-14-20(17,18)8-4-7(11)5-13-9(8)12/h4-5,14H,6H2,1-3H3,(H2,12,13). The Labute approximate surface area is 127 Å². The van der Waals surface area contributed by atoms with Gasteiger partial charge in [0.1, 0.15) is 10.7 Å². The summed E-state index contributed by atoms with van der Waals surface area (Å²) in [6.07, 6.45) is 2.42. The zero-order valence-corrected chi connectivity index (χ0v) is 14.4. The van der Waals surface area contributed by atoms with Gasteiger partial charge in [-0.2, -0.15) is 0 Å². The topological polar surface area (TPSA) is 119 Å². The number of pyridine rings is 1. The van der Waals surface area contributed by atoms with Gasteiger partial charge >= 0.3 is 0 Å². The molecule has 10 heteroatoms. The lowest BCUT2D eigenvalue weighted by molar-refractivity contribution is 0.537. The Kier molecular flexibility index (Phi) is 4.84. The lowest BCUT2D eigenvalue weighted by atomic mass is 10.2. The lowest BCUT2D eigenvalue weighted by Gasteiger charge is -2.22. The van der Waals surface area contributed by atoms with E-state index in [4.69, 9.17) is 5.73 Å². The summed E-state index contributed by atoms with van der Waals surface area (Å²) >= 11 is 3.10. The number of nitrogens with two attached hydrogens (primary N) is 1. The predicted molar refractivity (Wildman–Crippen MR) is 80.5 cm³/mol. The lowest BCUT2D eigenvalue weighted by Crippen LogP contribution is -2.43. The first kappa shape index (κ1) is 17.3. The minimum absolute atomic E-state index is 0.155. The van der Waals surface area contributed by atoms with E-state index in [1.54, 1.807) is 0 Å². The van der Waals surface area contributed by atoms with Gasteiger partial charge in [-0.05, 0) is 35.8 Å². The second-order valence-corrected chi connectivity index (χ2v) is 10.2. The van der Waals surface area contributed by atoms with E-state index in [9.17, 15) is 16.8 Å². The van der Waals surface area contributed by atoms with E-state index in [0.29, 0.717) is 4.47 Å². The Balaban J connectivity index is 3.06. The molecule has 0 radical (unpaired) electrons. The molecule has 0 aliphatic rings. The molecular formula is C10H16BrN3O4S2. The second kappa shape index (κ2) is 5.58. The van der Waals surface area contributed by atoms with Gasteiger partial charge < -0.3 is 5.73 Å². The summed E-state index contributed by atoms with van der Waals surface area (Å²) in [5.41, 5.74) is 5.53. The Bertz CT molecular complexity index is 714. The normalized spacial score (nSPS) is 13.4. The molecule has 20 heavy (non-hydrogen) atoms. The van der Waals surface area contributed by atoms with Crippen molar-refractivity contribution < 1.29 is 16.8 Å². The van der Waals surface area contributed by atoms with Crippen molar-refractivity contribution in [1.82, 2.24) is 9.71 Å². The SMILES string of the molecule is CC(C)(CNS(=O)(=O)c1cc(Br)cnc1N)S(C)(=O)=O. The van der Waals surface area contributed by atoms with Gasteiger partial charge in [0, 0.05) is 23.5 Å². The third-order valence-corrected chi connectivity index (χ3v) is 6.85. The summed E-state index contributed by atoms with van der Waals surface area (Å²) in [4.78, 5) is 3.53. The second-order valence-electron chi connectivity index (χ2n) is 4.89.